The highest BCUT2D eigenvalue weighted by atomic mass is 16.2. The smallest absolute Gasteiger partial charge is 0.255 e. The van der Waals surface area contributed by atoms with Crippen molar-refractivity contribution in [1.82, 2.24) is 19.4 Å². The number of hydrogen-bond donors (Lipinski definition) is 0. The van der Waals surface area contributed by atoms with Gasteiger partial charge >= 0.3 is 0 Å². The van der Waals surface area contributed by atoms with Crippen molar-refractivity contribution in [3.05, 3.63) is 47.3 Å². The van der Waals surface area contributed by atoms with Crippen molar-refractivity contribution >= 4 is 5.91 Å². The van der Waals surface area contributed by atoms with E-state index in [2.05, 4.69) is 28.4 Å². The first-order valence-electron chi connectivity index (χ1n) is 7.10. The van der Waals surface area contributed by atoms with Gasteiger partial charge in [-0.2, -0.15) is 0 Å². The van der Waals surface area contributed by atoms with Gasteiger partial charge in [0.15, 0.2) is 0 Å². The summed E-state index contributed by atoms with van der Waals surface area (Å²) in [5.74, 6) is 0.0145. The Morgan fingerprint density at radius 2 is 2.05 bits per heavy atom. The quantitative estimate of drug-likeness (QED) is 0.868. The Hall–Kier alpha value is -2.17. The molecule has 0 aliphatic heterocycles. The molecule has 21 heavy (non-hydrogen) atoms. The highest BCUT2D eigenvalue weighted by molar-refractivity contribution is 5.95. The van der Waals surface area contributed by atoms with Crippen LogP contribution in [0.4, 0.5) is 0 Å². The number of aromatic nitrogens is 3. The molecule has 0 unspecified atom stereocenters. The second-order valence-electron chi connectivity index (χ2n) is 5.61. The van der Waals surface area contributed by atoms with Crippen molar-refractivity contribution in [3.8, 4) is 0 Å². The lowest BCUT2D eigenvalue weighted by atomic mass is 10.2. The molecular weight excluding hydrogens is 264 g/mol. The molecule has 0 aliphatic carbocycles. The highest BCUT2D eigenvalue weighted by Crippen LogP contribution is 2.21. The normalized spacial score (nSPS) is 11.0. The van der Waals surface area contributed by atoms with Crippen molar-refractivity contribution < 1.29 is 4.79 Å². The maximum atomic E-state index is 12.6. The van der Waals surface area contributed by atoms with Crippen molar-refractivity contribution in [2.24, 2.45) is 0 Å². The fourth-order valence-electron chi connectivity index (χ4n) is 2.72. The van der Waals surface area contributed by atoms with Crippen LogP contribution >= 0.6 is 0 Å². The van der Waals surface area contributed by atoms with Crippen LogP contribution in [0.25, 0.3) is 0 Å². The molecule has 0 spiro atoms. The van der Waals surface area contributed by atoms with Crippen LogP contribution in [0.5, 0.6) is 0 Å². The predicted molar refractivity (Wildman–Crippen MR) is 82.1 cm³/mol. The first kappa shape index (κ1) is 15.2. The van der Waals surface area contributed by atoms with Crippen molar-refractivity contribution in [2.75, 3.05) is 7.05 Å². The number of amides is 1. The summed E-state index contributed by atoms with van der Waals surface area (Å²) in [7, 11) is 1.79. The number of rotatable bonds is 4. The SMILES string of the molecule is Cc1cc(C(=O)N(C)Cc2cnccn2)c(C)n1C(C)C. The zero-order chi connectivity index (χ0) is 15.6. The number of aryl methyl sites for hydroxylation is 1. The minimum Gasteiger partial charge on any atom is -0.346 e. The topological polar surface area (TPSA) is 51.0 Å². The van der Waals surface area contributed by atoms with Gasteiger partial charge in [0.05, 0.1) is 24.0 Å². The summed E-state index contributed by atoms with van der Waals surface area (Å²) >= 11 is 0. The van der Waals surface area contributed by atoms with Gasteiger partial charge in [-0.05, 0) is 33.8 Å². The summed E-state index contributed by atoms with van der Waals surface area (Å²) in [5, 5.41) is 0. The lowest BCUT2D eigenvalue weighted by molar-refractivity contribution is 0.0782. The molecular formula is C16H22N4O. The Labute approximate surface area is 125 Å². The molecule has 0 aliphatic rings. The summed E-state index contributed by atoms with van der Waals surface area (Å²) in [6.45, 7) is 8.73. The lowest BCUT2D eigenvalue weighted by Gasteiger charge is -2.17. The molecule has 2 aromatic rings. The lowest BCUT2D eigenvalue weighted by Crippen LogP contribution is -2.27. The van der Waals surface area contributed by atoms with Crippen molar-refractivity contribution in [1.29, 1.82) is 0 Å². The fraction of sp³-hybridized carbons (Fsp3) is 0.438. The Balaban J connectivity index is 2.22. The van der Waals surface area contributed by atoms with E-state index in [0.29, 0.717) is 12.6 Å². The molecule has 2 heterocycles. The van der Waals surface area contributed by atoms with Crippen molar-refractivity contribution in [3.63, 3.8) is 0 Å². The molecule has 0 N–H and O–H groups in total. The van der Waals surface area contributed by atoms with E-state index in [4.69, 9.17) is 0 Å². The molecule has 0 bridgehead atoms. The second kappa shape index (κ2) is 6.08. The van der Waals surface area contributed by atoms with Crippen LogP contribution in [0.2, 0.25) is 0 Å². The van der Waals surface area contributed by atoms with Crippen LogP contribution in [-0.2, 0) is 6.54 Å². The summed E-state index contributed by atoms with van der Waals surface area (Å²) in [4.78, 5) is 22.5. The summed E-state index contributed by atoms with van der Waals surface area (Å²) in [6.07, 6.45) is 4.95. The summed E-state index contributed by atoms with van der Waals surface area (Å²) in [6, 6.07) is 2.31. The molecule has 5 nitrogen and oxygen atoms in total. The third-order valence-electron chi connectivity index (χ3n) is 3.59. The van der Waals surface area contributed by atoms with Gasteiger partial charge in [0.2, 0.25) is 0 Å². The van der Waals surface area contributed by atoms with E-state index in [-0.39, 0.29) is 5.91 Å². The molecule has 0 saturated carbocycles. The summed E-state index contributed by atoms with van der Waals surface area (Å²) < 4.78 is 2.18. The highest BCUT2D eigenvalue weighted by Gasteiger charge is 2.20. The molecule has 0 saturated heterocycles. The average molecular weight is 286 g/mol. The monoisotopic (exact) mass is 286 g/mol. The predicted octanol–water partition coefficient (Wildman–Crippen LogP) is 2.75. The molecule has 2 rings (SSSR count). The Morgan fingerprint density at radius 1 is 1.33 bits per heavy atom. The van der Waals surface area contributed by atoms with E-state index < -0.39 is 0 Å². The molecule has 0 radical (unpaired) electrons. The first-order valence-corrected chi connectivity index (χ1v) is 7.10. The van der Waals surface area contributed by atoms with Gasteiger partial charge in [-0.1, -0.05) is 0 Å². The van der Waals surface area contributed by atoms with Gasteiger partial charge < -0.3 is 9.47 Å². The molecule has 0 atom stereocenters. The number of carbonyl (C=O) groups excluding carboxylic acids is 1. The zero-order valence-corrected chi connectivity index (χ0v) is 13.3. The summed E-state index contributed by atoms with van der Waals surface area (Å²) in [5.41, 5.74) is 3.66. The standard InChI is InChI=1S/C16H22N4O/c1-11(2)20-12(3)8-15(13(20)4)16(21)19(5)10-14-9-17-6-7-18-14/h6-9,11H,10H2,1-5H3. The molecule has 112 valence electrons. The van der Waals surface area contributed by atoms with Gasteiger partial charge in [-0.15, -0.1) is 0 Å². The molecule has 1 amide bonds. The Kier molecular flexibility index (Phi) is 4.40. The van der Waals surface area contributed by atoms with Gasteiger partial charge in [0, 0.05) is 36.9 Å². The second-order valence-corrected chi connectivity index (χ2v) is 5.61. The van der Waals surface area contributed by atoms with Gasteiger partial charge in [-0.25, -0.2) is 0 Å². The minimum atomic E-state index is 0.0145. The van der Waals surface area contributed by atoms with Crippen LogP contribution in [0.1, 0.15) is 47.3 Å². The number of hydrogen-bond acceptors (Lipinski definition) is 3. The third-order valence-corrected chi connectivity index (χ3v) is 3.59. The van der Waals surface area contributed by atoms with Crippen LogP contribution in [-0.4, -0.2) is 32.4 Å². The molecule has 0 aromatic carbocycles. The third kappa shape index (κ3) is 3.12. The Morgan fingerprint density at radius 3 is 2.57 bits per heavy atom. The van der Waals surface area contributed by atoms with Crippen LogP contribution in [0, 0.1) is 13.8 Å². The average Bonchev–Trinajstić information content (AvgIpc) is 2.74. The Bertz CT molecular complexity index is 631. The maximum absolute atomic E-state index is 12.6. The molecule has 5 heteroatoms. The zero-order valence-electron chi connectivity index (χ0n) is 13.3. The van der Waals surface area contributed by atoms with Crippen LogP contribution in [0.3, 0.4) is 0 Å². The first-order chi connectivity index (χ1) is 9.91. The van der Waals surface area contributed by atoms with E-state index in [0.717, 1.165) is 22.6 Å². The van der Waals surface area contributed by atoms with Crippen molar-refractivity contribution in [2.45, 2.75) is 40.3 Å². The van der Waals surface area contributed by atoms with E-state index in [1.807, 2.05) is 19.9 Å². The molecule has 2 aromatic heterocycles. The van der Waals surface area contributed by atoms with Gasteiger partial charge in [0.25, 0.3) is 5.91 Å². The minimum absolute atomic E-state index is 0.0145. The van der Waals surface area contributed by atoms with Gasteiger partial charge in [-0.3, -0.25) is 14.8 Å². The molecule has 0 fully saturated rings. The number of carbonyl (C=O) groups is 1. The van der Waals surface area contributed by atoms with E-state index in [9.17, 15) is 4.79 Å². The fourth-order valence-corrected chi connectivity index (χ4v) is 2.72. The van der Waals surface area contributed by atoms with E-state index in [1.54, 1.807) is 30.5 Å². The van der Waals surface area contributed by atoms with Crippen LogP contribution < -0.4 is 0 Å². The van der Waals surface area contributed by atoms with E-state index >= 15 is 0 Å². The largest absolute Gasteiger partial charge is 0.346 e. The van der Waals surface area contributed by atoms with Gasteiger partial charge in [0.1, 0.15) is 0 Å². The number of nitrogens with zero attached hydrogens (tertiary/aromatic N) is 4. The van der Waals surface area contributed by atoms with E-state index in [1.165, 1.54) is 0 Å². The van der Waals surface area contributed by atoms with Crippen LogP contribution in [0.15, 0.2) is 24.7 Å². The maximum Gasteiger partial charge on any atom is 0.255 e.